The molecule has 5 rings (SSSR count). The number of anilines is 1. The smallest absolute Gasteiger partial charge is 0.262 e. The zero-order valence-corrected chi connectivity index (χ0v) is 14.0. The molecule has 0 fully saturated rings. The molecule has 1 aliphatic rings. The van der Waals surface area contributed by atoms with E-state index in [0.717, 1.165) is 0 Å². The quantitative estimate of drug-likeness (QED) is 0.591. The van der Waals surface area contributed by atoms with Gasteiger partial charge in [0.25, 0.3) is 5.56 Å². The minimum absolute atomic E-state index is 0.158. The van der Waals surface area contributed by atoms with Gasteiger partial charge in [0, 0.05) is 11.8 Å². The van der Waals surface area contributed by atoms with Crippen LogP contribution in [0.4, 0.5) is 5.69 Å². The molecule has 0 aliphatic carbocycles. The zero-order chi connectivity index (χ0) is 18.4. The van der Waals surface area contributed by atoms with E-state index in [0.29, 0.717) is 33.7 Å². The lowest BCUT2D eigenvalue weighted by atomic mass is 10.2. The SMILES string of the molecule is O=C(Cn1c(=O)c2ccccc2n2nncc12)Nc1ccc2c(c1)OCO2. The molecule has 0 unspecified atom stereocenters. The highest BCUT2D eigenvalue weighted by Crippen LogP contribution is 2.34. The van der Waals surface area contributed by atoms with Crippen LogP contribution in [0.5, 0.6) is 11.5 Å². The molecule has 0 saturated heterocycles. The Morgan fingerprint density at radius 3 is 2.93 bits per heavy atom. The lowest BCUT2D eigenvalue weighted by molar-refractivity contribution is -0.116. The predicted octanol–water partition coefficient (Wildman–Crippen LogP) is 1.41. The summed E-state index contributed by atoms with van der Waals surface area (Å²) < 4.78 is 13.5. The summed E-state index contributed by atoms with van der Waals surface area (Å²) in [4.78, 5) is 25.4. The van der Waals surface area contributed by atoms with Crippen molar-refractivity contribution in [1.82, 2.24) is 19.4 Å². The third kappa shape index (κ3) is 2.48. The highest BCUT2D eigenvalue weighted by molar-refractivity contribution is 5.91. The molecular formula is C18H13N5O4. The van der Waals surface area contributed by atoms with Gasteiger partial charge in [-0.25, -0.2) is 0 Å². The molecule has 1 amide bonds. The van der Waals surface area contributed by atoms with Crippen LogP contribution in [0, 0.1) is 0 Å². The van der Waals surface area contributed by atoms with Gasteiger partial charge in [-0.2, -0.15) is 4.52 Å². The first-order valence-electron chi connectivity index (χ1n) is 8.22. The second-order valence-corrected chi connectivity index (χ2v) is 6.03. The van der Waals surface area contributed by atoms with Crippen molar-refractivity contribution in [3.63, 3.8) is 0 Å². The first-order valence-corrected chi connectivity index (χ1v) is 8.22. The Labute approximate surface area is 151 Å². The molecule has 1 aliphatic heterocycles. The number of fused-ring (bicyclic) bond motifs is 4. The molecule has 2 aromatic carbocycles. The standard InChI is InChI=1S/C18H13N5O4/c24-16(20-11-5-6-14-15(7-11)27-10-26-14)9-22-17-8-19-21-23(17)13-4-2-1-3-12(13)18(22)25/h1-8H,9-10H2,(H,20,24). The molecule has 9 nitrogen and oxygen atoms in total. The number of amides is 1. The van der Waals surface area contributed by atoms with Crippen LogP contribution in [0.3, 0.4) is 0 Å². The Balaban J connectivity index is 1.50. The summed E-state index contributed by atoms with van der Waals surface area (Å²) in [5, 5.41) is 11.1. The molecule has 0 bridgehead atoms. The summed E-state index contributed by atoms with van der Waals surface area (Å²) in [7, 11) is 0. The maximum atomic E-state index is 12.9. The van der Waals surface area contributed by atoms with Crippen molar-refractivity contribution in [1.29, 1.82) is 0 Å². The van der Waals surface area contributed by atoms with Gasteiger partial charge in [0.05, 0.1) is 17.1 Å². The summed E-state index contributed by atoms with van der Waals surface area (Å²) in [6.45, 7) is -0.0135. The van der Waals surface area contributed by atoms with Gasteiger partial charge in [-0.15, -0.1) is 5.10 Å². The highest BCUT2D eigenvalue weighted by atomic mass is 16.7. The van der Waals surface area contributed by atoms with Crippen LogP contribution in [-0.2, 0) is 11.3 Å². The van der Waals surface area contributed by atoms with Gasteiger partial charge in [-0.3, -0.25) is 14.2 Å². The van der Waals surface area contributed by atoms with Gasteiger partial charge in [0.15, 0.2) is 17.1 Å². The van der Waals surface area contributed by atoms with Crippen molar-refractivity contribution in [3.05, 3.63) is 59.0 Å². The zero-order valence-electron chi connectivity index (χ0n) is 14.0. The van der Waals surface area contributed by atoms with Crippen molar-refractivity contribution in [3.8, 4) is 11.5 Å². The molecule has 0 radical (unpaired) electrons. The number of nitrogens with one attached hydrogen (secondary N) is 1. The normalized spacial score (nSPS) is 12.6. The number of para-hydroxylation sites is 1. The molecule has 134 valence electrons. The highest BCUT2D eigenvalue weighted by Gasteiger charge is 2.17. The number of carbonyl (C=O) groups is 1. The van der Waals surface area contributed by atoms with Crippen molar-refractivity contribution in [2.24, 2.45) is 0 Å². The average molecular weight is 363 g/mol. The van der Waals surface area contributed by atoms with Crippen LogP contribution in [0.2, 0.25) is 0 Å². The van der Waals surface area contributed by atoms with Crippen LogP contribution in [0.25, 0.3) is 16.6 Å². The van der Waals surface area contributed by atoms with Gasteiger partial charge >= 0.3 is 0 Å². The van der Waals surface area contributed by atoms with Gasteiger partial charge in [0.2, 0.25) is 12.7 Å². The summed E-state index contributed by atoms with van der Waals surface area (Å²) in [6.07, 6.45) is 1.46. The van der Waals surface area contributed by atoms with E-state index in [2.05, 4.69) is 15.6 Å². The molecule has 0 saturated carbocycles. The summed E-state index contributed by atoms with van der Waals surface area (Å²) in [5.74, 6) is 0.846. The summed E-state index contributed by atoms with van der Waals surface area (Å²) >= 11 is 0. The maximum Gasteiger partial charge on any atom is 0.262 e. The first kappa shape index (κ1) is 15.4. The van der Waals surface area contributed by atoms with Crippen molar-refractivity contribution >= 4 is 28.1 Å². The molecule has 3 heterocycles. The van der Waals surface area contributed by atoms with Crippen LogP contribution in [0.15, 0.2) is 53.5 Å². The number of carbonyl (C=O) groups excluding carboxylic acids is 1. The van der Waals surface area contributed by atoms with Gasteiger partial charge in [-0.1, -0.05) is 17.3 Å². The number of nitrogens with zero attached hydrogens (tertiary/aromatic N) is 4. The molecule has 1 N–H and O–H groups in total. The molecule has 0 spiro atoms. The second kappa shape index (κ2) is 5.84. The average Bonchev–Trinajstić information content (AvgIpc) is 3.34. The lowest BCUT2D eigenvalue weighted by Crippen LogP contribution is -2.29. The van der Waals surface area contributed by atoms with Crippen molar-refractivity contribution < 1.29 is 14.3 Å². The van der Waals surface area contributed by atoms with Crippen LogP contribution in [0.1, 0.15) is 0 Å². The second-order valence-electron chi connectivity index (χ2n) is 6.03. The Kier molecular flexibility index (Phi) is 3.32. The number of hydrogen-bond donors (Lipinski definition) is 1. The fraction of sp³-hybridized carbons (Fsp3) is 0.111. The van der Waals surface area contributed by atoms with E-state index in [1.165, 1.54) is 10.8 Å². The van der Waals surface area contributed by atoms with E-state index in [1.54, 1.807) is 40.9 Å². The van der Waals surface area contributed by atoms with Crippen LogP contribution < -0.4 is 20.3 Å². The topological polar surface area (TPSA) is 99.8 Å². The van der Waals surface area contributed by atoms with E-state index in [-0.39, 0.29) is 24.8 Å². The van der Waals surface area contributed by atoms with E-state index in [9.17, 15) is 9.59 Å². The molecular weight excluding hydrogens is 350 g/mol. The van der Waals surface area contributed by atoms with Crippen LogP contribution in [-0.4, -0.2) is 32.1 Å². The number of hydrogen-bond acceptors (Lipinski definition) is 6. The first-order chi connectivity index (χ1) is 13.2. The third-order valence-corrected chi connectivity index (χ3v) is 4.37. The maximum absolute atomic E-state index is 12.9. The molecule has 2 aromatic heterocycles. The number of benzene rings is 2. The Hall–Kier alpha value is -3.88. The largest absolute Gasteiger partial charge is 0.454 e. The Bertz CT molecular complexity index is 1260. The van der Waals surface area contributed by atoms with E-state index in [1.807, 2.05) is 6.07 Å². The minimum atomic E-state index is -0.352. The molecule has 4 aromatic rings. The fourth-order valence-electron chi connectivity index (χ4n) is 3.15. The number of rotatable bonds is 3. The fourth-order valence-corrected chi connectivity index (χ4v) is 3.15. The third-order valence-electron chi connectivity index (χ3n) is 4.37. The van der Waals surface area contributed by atoms with E-state index < -0.39 is 0 Å². The van der Waals surface area contributed by atoms with E-state index in [4.69, 9.17) is 9.47 Å². The molecule has 27 heavy (non-hydrogen) atoms. The minimum Gasteiger partial charge on any atom is -0.454 e. The Morgan fingerprint density at radius 1 is 1.15 bits per heavy atom. The molecule has 0 atom stereocenters. The lowest BCUT2D eigenvalue weighted by Gasteiger charge is -2.11. The summed E-state index contributed by atoms with van der Waals surface area (Å²) in [6, 6.07) is 12.2. The van der Waals surface area contributed by atoms with Gasteiger partial charge in [-0.05, 0) is 24.3 Å². The van der Waals surface area contributed by atoms with E-state index >= 15 is 0 Å². The number of aromatic nitrogens is 4. The van der Waals surface area contributed by atoms with Gasteiger partial charge in [0.1, 0.15) is 6.54 Å². The van der Waals surface area contributed by atoms with Gasteiger partial charge < -0.3 is 14.8 Å². The number of ether oxygens (including phenoxy) is 2. The molecule has 9 heteroatoms. The summed E-state index contributed by atoms with van der Waals surface area (Å²) in [5.41, 5.74) is 1.36. The van der Waals surface area contributed by atoms with Crippen molar-refractivity contribution in [2.75, 3.05) is 12.1 Å². The monoisotopic (exact) mass is 363 g/mol. The Morgan fingerprint density at radius 2 is 2.00 bits per heavy atom. The predicted molar refractivity (Wildman–Crippen MR) is 95.9 cm³/mol. The van der Waals surface area contributed by atoms with Crippen LogP contribution >= 0.6 is 0 Å². The van der Waals surface area contributed by atoms with Crippen molar-refractivity contribution in [2.45, 2.75) is 6.54 Å².